The van der Waals surface area contributed by atoms with Gasteiger partial charge in [0.25, 0.3) is 0 Å². The molecule has 2 rings (SSSR count). The van der Waals surface area contributed by atoms with Gasteiger partial charge in [-0.1, -0.05) is 0 Å². The van der Waals surface area contributed by atoms with Crippen LogP contribution < -0.4 is 10.6 Å². The smallest absolute Gasteiger partial charge is 0.141 e. The molecule has 0 aromatic rings. The molecule has 0 bridgehead atoms. The first-order chi connectivity index (χ1) is 4.47. The summed E-state index contributed by atoms with van der Waals surface area (Å²) in [5, 5.41) is 6.20. The van der Waals surface area contributed by atoms with Crippen molar-refractivity contribution in [3.8, 4) is 0 Å². The lowest BCUT2D eigenvalue weighted by atomic mass is 10.3. The second kappa shape index (κ2) is 1.77. The zero-order valence-corrected chi connectivity index (χ0v) is 4.92. The molecule has 3 nitrogen and oxygen atoms in total. The lowest BCUT2D eigenvalue weighted by Crippen LogP contribution is -2.35. The molecule has 0 aliphatic carbocycles. The number of ether oxygens (including phenoxy) is 1. The van der Waals surface area contributed by atoms with Crippen molar-refractivity contribution in [1.82, 2.24) is 10.6 Å². The Morgan fingerprint density at radius 1 is 1.67 bits per heavy atom. The van der Waals surface area contributed by atoms with E-state index in [1.54, 1.807) is 0 Å². The Kier molecular flexibility index (Phi) is 0.960. The zero-order valence-electron chi connectivity index (χ0n) is 4.92. The van der Waals surface area contributed by atoms with Gasteiger partial charge >= 0.3 is 0 Å². The third kappa shape index (κ3) is 0.695. The SMILES string of the molecule is C1=CNC2NCOC2=C1. The van der Waals surface area contributed by atoms with Crippen LogP contribution in [-0.2, 0) is 4.74 Å². The van der Waals surface area contributed by atoms with E-state index < -0.39 is 0 Å². The molecular formula is C6H8N2O. The fourth-order valence-corrected chi connectivity index (χ4v) is 0.972. The summed E-state index contributed by atoms with van der Waals surface area (Å²) >= 11 is 0. The number of dihydropyridines is 1. The lowest BCUT2D eigenvalue weighted by Gasteiger charge is -2.11. The predicted octanol–water partition coefficient (Wildman–Crippen LogP) is -0.109. The van der Waals surface area contributed by atoms with Gasteiger partial charge in [-0.05, 0) is 18.4 Å². The van der Waals surface area contributed by atoms with E-state index >= 15 is 0 Å². The average molecular weight is 124 g/mol. The van der Waals surface area contributed by atoms with Gasteiger partial charge in [0.1, 0.15) is 18.7 Å². The maximum atomic E-state index is 5.19. The van der Waals surface area contributed by atoms with Crippen LogP contribution in [0.1, 0.15) is 0 Å². The summed E-state index contributed by atoms with van der Waals surface area (Å²) < 4.78 is 5.19. The summed E-state index contributed by atoms with van der Waals surface area (Å²) in [5.41, 5.74) is 0. The molecule has 0 radical (unpaired) electrons. The molecule has 1 unspecified atom stereocenters. The van der Waals surface area contributed by atoms with E-state index in [1.165, 1.54) is 0 Å². The monoisotopic (exact) mass is 124 g/mol. The molecule has 0 aromatic heterocycles. The van der Waals surface area contributed by atoms with Crippen LogP contribution in [0.4, 0.5) is 0 Å². The molecule has 9 heavy (non-hydrogen) atoms. The molecule has 1 saturated heterocycles. The molecule has 48 valence electrons. The highest BCUT2D eigenvalue weighted by atomic mass is 16.5. The maximum Gasteiger partial charge on any atom is 0.141 e. The number of nitrogens with one attached hydrogen (secondary N) is 2. The second-order valence-electron chi connectivity index (χ2n) is 2.02. The first-order valence-corrected chi connectivity index (χ1v) is 2.96. The fourth-order valence-electron chi connectivity index (χ4n) is 0.972. The van der Waals surface area contributed by atoms with Gasteiger partial charge in [0.2, 0.25) is 0 Å². The number of hydrogen-bond acceptors (Lipinski definition) is 3. The quantitative estimate of drug-likeness (QED) is 0.472. The third-order valence-corrected chi connectivity index (χ3v) is 1.43. The van der Waals surface area contributed by atoms with Gasteiger partial charge in [-0.15, -0.1) is 0 Å². The van der Waals surface area contributed by atoms with Crippen molar-refractivity contribution >= 4 is 0 Å². The van der Waals surface area contributed by atoms with E-state index in [9.17, 15) is 0 Å². The van der Waals surface area contributed by atoms with E-state index in [0.29, 0.717) is 6.73 Å². The second-order valence-corrected chi connectivity index (χ2v) is 2.02. The Bertz CT molecular complexity index is 174. The minimum absolute atomic E-state index is 0.218. The van der Waals surface area contributed by atoms with Crippen molar-refractivity contribution in [1.29, 1.82) is 0 Å². The highest BCUT2D eigenvalue weighted by molar-refractivity contribution is 5.18. The number of rotatable bonds is 0. The number of hydrogen-bond donors (Lipinski definition) is 2. The first kappa shape index (κ1) is 4.88. The molecular weight excluding hydrogens is 116 g/mol. The van der Waals surface area contributed by atoms with Crippen LogP contribution in [-0.4, -0.2) is 12.9 Å². The Morgan fingerprint density at radius 2 is 2.67 bits per heavy atom. The van der Waals surface area contributed by atoms with Crippen LogP contribution in [0.15, 0.2) is 24.1 Å². The van der Waals surface area contributed by atoms with Crippen LogP contribution in [0, 0.1) is 0 Å². The summed E-state index contributed by atoms with van der Waals surface area (Å²) in [5.74, 6) is 0.984. The summed E-state index contributed by atoms with van der Waals surface area (Å²) in [6, 6.07) is 0. The van der Waals surface area contributed by atoms with Gasteiger partial charge in [0, 0.05) is 0 Å². The molecule has 2 aliphatic heterocycles. The van der Waals surface area contributed by atoms with E-state index in [0.717, 1.165) is 5.76 Å². The van der Waals surface area contributed by atoms with E-state index in [4.69, 9.17) is 4.74 Å². The number of allylic oxidation sites excluding steroid dienone is 2. The van der Waals surface area contributed by atoms with E-state index in [1.807, 2.05) is 18.4 Å². The fraction of sp³-hybridized carbons (Fsp3) is 0.333. The summed E-state index contributed by atoms with van der Waals surface area (Å²) in [4.78, 5) is 0. The molecule has 0 saturated carbocycles. The Labute approximate surface area is 53.4 Å². The van der Waals surface area contributed by atoms with Gasteiger partial charge in [-0.2, -0.15) is 0 Å². The van der Waals surface area contributed by atoms with Gasteiger partial charge < -0.3 is 10.1 Å². The third-order valence-electron chi connectivity index (χ3n) is 1.43. The molecule has 1 fully saturated rings. The summed E-state index contributed by atoms with van der Waals surface area (Å²) in [6.45, 7) is 0.616. The highest BCUT2D eigenvalue weighted by Crippen LogP contribution is 2.10. The summed E-state index contributed by atoms with van der Waals surface area (Å²) in [7, 11) is 0. The van der Waals surface area contributed by atoms with Crippen LogP contribution in [0.5, 0.6) is 0 Å². The molecule has 0 spiro atoms. The molecule has 1 atom stereocenters. The molecule has 3 heteroatoms. The lowest BCUT2D eigenvalue weighted by molar-refractivity contribution is 0.252. The van der Waals surface area contributed by atoms with Crippen LogP contribution >= 0.6 is 0 Å². The van der Waals surface area contributed by atoms with Crippen molar-refractivity contribution in [3.63, 3.8) is 0 Å². The Morgan fingerprint density at radius 3 is 3.56 bits per heavy atom. The first-order valence-electron chi connectivity index (χ1n) is 2.96. The Hall–Kier alpha value is -0.960. The van der Waals surface area contributed by atoms with Crippen molar-refractivity contribution in [2.75, 3.05) is 6.73 Å². The van der Waals surface area contributed by atoms with E-state index in [-0.39, 0.29) is 6.17 Å². The topological polar surface area (TPSA) is 33.3 Å². The van der Waals surface area contributed by atoms with Gasteiger partial charge in [-0.3, -0.25) is 5.32 Å². The van der Waals surface area contributed by atoms with Crippen molar-refractivity contribution in [3.05, 3.63) is 24.1 Å². The minimum atomic E-state index is 0.218. The standard InChI is InChI=1S/C6H8N2O/c1-2-5-6(7-3-1)8-4-9-5/h1-3,6-8H,4H2. The van der Waals surface area contributed by atoms with Crippen LogP contribution in [0.2, 0.25) is 0 Å². The maximum absolute atomic E-state index is 5.19. The van der Waals surface area contributed by atoms with Crippen LogP contribution in [0.25, 0.3) is 0 Å². The summed E-state index contributed by atoms with van der Waals surface area (Å²) in [6.07, 6.45) is 6.01. The van der Waals surface area contributed by atoms with Gasteiger partial charge in [0.15, 0.2) is 0 Å². The molecule has 2 N–H and O–H groups in total. The van der Waals surface area contributed by atoms with Gasteiger partial charge in [0.05, 0.1) is 0 Å². The zero-order chi connectivity index (χ0) is 6.10. The Balaban J connectivity index is 2.23. The molecule has 2 heterocycles. The van der Waals surface area contributed by atoms with Crippen molar-refractivity contribution in [2.24, 2.45) is 0 Å². The number of fused-ring (bicyclic) bond motifs is 1. The van der Waals surface area contributed by atoms with Crippen molar-refractivity contribution < 1.29 is 4.74 Å². The van der Waals surface area contributed by atoms with E-state index in [2.05, 4.69) is 10.6 Å². The highest BCUT2D eigenvalue weighted by Gasteiger charge is 2.20. The van der Waals surface area contributed by atoms with Gasteiger partial charge in [-0.25, -0.2) is 0 Å². The minimum Gasteiger partial charge on any atom is -0.479 e. The normalized spacial score (nSPS) is 30.2. The predicted molar refractivity (Wildman–Crippen MR) is 33.2 cm³/mol. The molecule has 0 aromatic carbocycles. The molecule has 2 aliphatic rings. The van der Waals surface area contributed by atoms with Crippen LogP contribution in [0.3, 0.4) is 0 Å². The molecule has 0 amide bonds. The largest absolute Gasteiger partial charge is 0.479 e. The average Bonchev–Trinajstić information content (AvgIpc) is 2.33. The van der Waals surface area contributed by atoms with Crippen molar-refractivity contribution in [2.45, 2.75) is 6.17 Å².